The molecule has 2 aromatic carbocycles. The third-order valence-electron chi connectivity index (χ3n) is 6.68. The second kappa shape index (κ2) is 11.3. The molecule has 6 nitrogen and oxygen atoms in total. The van der Waals surface area contributed by atoms with Gasteiger partial charge in [-0.3, -0.25) is 0 Å². The Labute approximate surface area is 211 Å². The van der Waals surface area contributed by atoms with Crippen LogP contribution in [0.25, 0.3) is 10.9 Å². The number of halogens is 1. The van der Waals surface area contributed by atoms with Crippen LogP contribution in [-0.2, 0) is 6.54 Å². The van der Waals surface area contributed by atoms with E-state index in [1.165, 1.54) is 23.9 Å². The van der Waals surface area contributed by atoms with Crippen LogP contribution in [0.2, 0.25) is 0 Å². The summed E-state index contributed by atoms with van der Waals surface area (Å²) in [4.78, 5) is 7.04. The van der Waals surface area contributed by atoms with Crippen molar-refractivity contribution in [3.63, 3.8) is 0 Å². The molecule has 4 rings (SSSR count). The van der Waals surface area contributed by atoms with Crippen LogP contribution >= 0.6 is 15.9 Å². The van der Waals surface area contributed by atoms with Crippen LogP contribution < -0.4 is 25.0 Å². The minimum atomic E-state index is 0.470. The number of ether oxygens (including phenoxy) is 2. The number of pyridine rings is 1. The van der Waals surface area contributed by atoms with Crippen molar-refractivity contribution in [2.45, 2.75) is 38.3 Å². The number of nitrogens with zero attached hydrogens (tertiary/aromatic N) is 2. The molecule has 0 spiro atoms. The average molecular weight is 528 g/mol. The van der Waals surface area contributed by atoms with Gasteiger partial charge in [-0.05, 0) is 66.2 Å². The molecule has 34 heavy (non-hydrogen) atoms. The maximum Gasteiger partial charge on any atom is 0.136 e. The highest BCUT2D eigenvalue weighted by atomic mass is 79.9. The van der Waals surface area contributed by atoms with Gasteiger partial charge in [0.05, 0.1) is 24.2 Å². The third-order valence-corrected chi connectivity index (χ3v) is 7.30. The molecular formula is C27H35BrN4O2. The van der Waals surface area contributed by atoms with Gasteiger partial charge in [0.2, 0.25) is 0 Å². The van der Waals surface area contributed by atoms with Crippen molar-refractivity contribution < 1.29 is 9.47 Å². The van der Waals surface area contributed by atoms with Crippen molar-refractivity contribution in [3.05, 3.63) is 52.5 Å². The SMILES string of the molecule is COc1cc(OC)c(CNC[C@H]2CC[C@@H](Nc3cc(N(C)C)c4ccccc4n3)CC2)cc1Br. The van der Waals surface area contributed by atoms with E-state index in [2.05, 4.69) is 82.0 Å². The molecule has 0 radical (unpaired) electrons. The highest BCUT2D eigenvalue weighted by Gasteiger charge is 2.22. The normalized spacial score (nSPS) is 18.0. The van der Waals surface area contributed by atoms with Gasteiger partial charge in [-0.15, -0.1) is 0 Å². The predicted octanol–water partition coefficient (Wildman–Crippen LogP) is 5.84. The van der Waals surface area contributed by atoms with Crippen molar-refractivity contribution in [1.82, 2.24) is 10.3 Å². The molecule has 0 atom stereocenters. The summed E-state index contributed by atoms with van der Waals surface area (Å²) in [6, 6.07) is 15.0. The summed E-state index contributed by atoms with van der Waals surface area (Å²) in [6.45, 7) is 1.79. The van der Waals surface area contributed by atoms with E-state index in [4.69, 9.17) is 14.5 Å². The van der Waals surface area contributed by atoms with Crippen molar-refractivity contribution in [3.8, 4) is 11.5 Å². The fourth-order valence-electron chi connectivity index (χ4n) is 4.79. The van der Waals surface area contributed by atoms with Crippen LogP contribution in [-0.4, -0.2) is 45.9 Å². The monoisotopic (exact) mass is 526 g/mol. The Bertz CT molecular complexity index is 1110. The number of nitrogens with one attached hydrogen (secondary N) is 2. The quantitative estimate of drug-likeness (QED) is 0.365. The van der Waals surface area contributed by atoms with Gasteiger partial charge in [0, 0.05) is 55.5 Å². The Hall–Kier alpha value is -2.51. The molecule has 1 aliphatic rings. The molecule has 182 valence electrons. The number of hydrogen-bond donors (Lipinski definition) is 2. The van der Waals surface area contributed by atoms with Crippen LogP contribution in [0.5, 0.6) is 11.5 Å². The largest absolute Gasteiger partial charge is 0.496 e. The molecular weight excluding hydrogens is 492 g/mol. The Morgan fingerprint density at radius 1 is 1.00 bits per heavy atom. The van der Waals surface area contributed by atoms with Crippen LogP contribution in [0.15, 0.2) is 46.9 Å². The molecule has 1 heterocycles. The molecule has 1 aliphatic carbocycles. The summed E-state index contributed by atoms with van der Waals surface area (Å²) in [6.07, 6.45) is 4.75. The van der Waals surface area contributed by atoms with Crippen molar-refractivity contribution >= 4 is 38.3 Å². The maximum atomic E-state index is 5.55. The number of methoxy groups -OCH3 is 2. The fourth-order valence-corrected chi connectivity index (χ4v) is 5.35. The smallest absolute Gasteiger partial charge is 0.136 e. The van der Waals surface area contributed by atoms with Crippen LogP contribution in [0, 0.1) is 5.92 Å². The Morgan fingerprint density at radius 3 is 2.44 bits per heavy atom. The molecule has 0 aliphatic heterocycles. The zero-order valence-electron chi connectivity index (χ0n) is 20.5. The van der Waals surface area contributed by atoms with Gasteiger partial charge >= 0.3 is 0 Å². The summed E-state index contributed by atoms with van der Waals surface area (Å²) in [5.41, 5.74) is 3.37. The minimum absolute atomic E-state index is 0.470. The molecule has 2 N–H and O–H groups in total. The molecule has 3 aromatic rings. The standard InChI is InChI=1S/C27H35BrN4O2/c1-32(2)24-14-27(31-23-8-6-5-7-21(23)24)30-20-11-9-18(10-12-20)16-29-17-19-13-22(28)26(34-4)15-25(19)33-3/h5-8,13-15,18,20,29H,9-12,16-17H2,1-4H3,(H,30,31)/t18-,20+. The number of anilines is 2. The first-order valence-corrected chi connectivity index (χ1v) is 12.7. The first-order chi connectivity index (χ1) is 16.5. The molecule has 1 saturated carbocycles. The van der Waals surface area contributed by atoms with Gasteiger partial charge in [0.15, 0.2) is 0 Å². The van der Waals surface area contributed by atoms with E-state index in [-0.39, 0.29) is 0 Å². The highest BCUT2D eigenvalue weighted by molar-refractivity contribution is 9.10. The van der Waals surface area contributed by atoms with Crippen LogP contribution in [0.4, 0.5) is 11.5 Å². The lowest BCUT2D eigenvalue weighted by molar-refractivity contribution is 0.323. The van der Waals surface area contributed by atoms with Crippen molar-refractivity contribution in [2.75, 3.05) is 45.1 Å². The van der Waals surface area contributed by atoms with Crippen molar-refractivity contribution in [1.29, 1.82) is 0 Å². The lowest BCUT2D eigenvalue weighted by Gasteiger charge is -2.30. The van der Waals surface area contributed by atoms with Gasteiger partial charge in [0.1, 0.15) is 17.3 Å². The van der Waals surface area contributed by atoms with Crippen molar-refractivity contribution in [2.24, 2.45) is 5.92 Å². The fraction of sp³-hybridized carbons (Fsp3) is 0.444. The summed E-state index contributed by atoms with van der Waals surface area (Å²) < 4.78 is 11.9. The topological polar surface area (TPSA) is 58.7 Å². The first kappa shape index (κ1) is 24.6. The predicted molar refractivity (Wildman–Crippen MR) is 144 cm³/mol. The maximum absolute atomic E-state index is 5.55. The van der Waals surface area contributed by atoms with Gasteiger partial charge in [0.25, 0.3) is 0 Å². The third kappa shape index (κ3) is 5.76. The van der Waals surface area contributed by atoms with Crippen LogP contribution in [0.1, 0.15) is 31.2 Å². The molecule has 0 bridgehead atoms. The van der Waals surface area contributed by atoms with Gasteiger partial charge < -0.3 is 25.0 Å². The lowest BCUT2D eigenvalue weighted by atomic mass is 9.86. The van der Waals surface area contributed by atoms with Gasteiger partial charge in [-0.2, -0.15) is 0 Å². The minimum Gasteiger partial charge on any atom is -0.496 e. The zero-order valence-corrected chi connectivity index (χ0v) is 22.1. The van der Waals surface area contributed by atoms with E-state index in [1.807, 2.05) is 6.07 Å². The number of benzene rings is 2. The number of fused-ring (bicyclic) bond motifs is 1. The molecule has 0 unspecified atom stereocenters. The van der Waals surface area contributed by atoms with E-state index in [1.54, 1.807) is 14.2 Å². The van der Waals surface area contributed by atoms with E-state index in [0.29, 0.717) is 12.0 Å². The Kier molecular flexibility index (Phi) is 8.16. The summed E-state index contributed by atoms with van der Waals surface area (Å²) in [7, 11) is 7.54. The van der Waals surface area contributed by atoms with Gasteiger partial charge in [-0.25, -0.2) is 4.98 Å². The molecule has 0 saturated heterocycles. The second-order valence-corrected chi connectivity index (χ2v) is 10.1. The van der Waals surface area contributed by atoms with Gasteiger partial charge in [-0.1, -0.05) is 18.2 Å². The van der Waals surface area contributed by atoms with E-state index in [0.717, 1.165) is 58.8 Å². The number of rotatable bonds is 9. The van der Waals surface area contributed by atoms with Crippen LogP contribution in [0.3, 0.4) is 0 Å². The average Bonchev–Trinajstić information content (AvgIpc) is 2.84. The van der Waals surface area contributed by atoms with E-state index < -0.39 is 0 Å². The molecule has 1 fully saturated rings. The Morgan fingerprint density at radius 2 is 1.74 bits per heavy atom. The summed E-state index contributed by atoms with van der Waals surface area (Å²) in [5.74, 6) is 3.29. The van der Waals surface area contributed by atoms with E-state index in [9.17, 15) is 0 Å². The Balaban J connectivity index is 1.29. The first-order valence-electron chi connectivity index (χ1n) is 11.9. The number of para-hydroxylation sites is 1. The number of hydrogen-bond acceptors (Lipinski definition) is 6. The van der Waals surface area contributed by atoms with E-state index >= 15 is 0 Å². The highest BCUT2D eigenvalue weighted by Crippen LogP contribution is 2.33. The molecule has 7 heteroatoms. The zero-order chi connectivity index (χ0) is 24.1. The summed E-state index contributed by atoms with van der Waals surface area (Å²) >= 11 is 3.58. The molecule has 1 aromatic heterocycles. The summed E-state index contributed by atoms with van der Waals surface area (Å²) in [5, 5.41) is 8.53. The number of aromatic nitrogens is 1. The lowest BCUT2D eigenvalue weighted by Crippen LogP contribution is -2.31. The second-order valence-electron chi connectivity index (χ2n) is 9.23. The molecule has 0 amide bonds.